The largest absolute Gasteiger partial charge is 0.497 e. The van der Waals surface area contributed by atoms with E-state index >= 15 is 0 Å². The lowest BCUT2D eigenvalue weighted by Crippen LogP contribution is -2.35. The number of fused-ring (bicyclic) bond motifs is 3. The number of aryl methyl sites for hydroxylation is 1. The van der Waals surface area contributed by atoms with Crippen LogP contribution in [0.15, 0.2) is 34.5 Å². The van der Waals surface area contributed by atoms with Crippen molar-refractivity contribution in [2.75, 3.05) is 13.7 Å². The van der Waals surface area contributed by atoms with Crippen LogP contribution in [0, 0.1) is 0 Å². The van der Waals surface area contributed by atoms with Gasteiger partial charge in [0.05, 0.1) is 13.7 Å². The Labute approximate surface area is 151 Å². The van der Waals surface area contributed by atoms with Gasteiger partial charge < -0.3 is 9.72 Å². The summed E-state index contributed by atoms with van der Waals surface area (Å²) in [5.74, 6) is 0.815. The lowest BCUT2D eigenvalue weighted by Gasteiger charge is -2.25. The maximum Gasteiger partial charge on any atom is 0.252 e. The first-order valence-electron chi connectivity index (χ1n) is 8.29. The van der Waals surface area contributed by atoms with E-state index in [1.165, 1.54) is 16.9 Å². The van der Waals surface area contributed by atoms with Gasteiger partial charge in [-0.25, -0.2) is 8.42 Å². The Morgan fingerprint density at radius 1 is 1.28 bits per heavy atom. The number of aromatic amines is 1. The summed E-state index contributed by atoms with van der Waals surface area (Å²) in [5, 5.41) is 1.12. The first-order valence-corrected chi connectivity index (χ1v) is 10.5. The molecule has 4 rings (SSSR count). The molecule has 2 aromatic heterocycles. The van der Waals surface area contributed by atoms with Crippen LogP contribution in [0.25, 0.3) is 10.9 Å². The van der Waals surface area contributed by atoms with Crippen molar-refractivity contribution in [3.63, 3.8) is 0 Å². The molecule has 0 unspecified atom stereocenters. The molecule has 0 saturated heterocycles. The van der Waals surface area contributed by atoms with E-state index in [1.807, 2.05) is 31.2 Å². The number of hydrogen-bond donors (Lipinski definition) is 1. The van der Waals surface area contributed by atoms with Gasteiger partial charge in [0.2, 0.25) is 0 Å². The van der Waals surface area contributed by atoms with Gasteiger partial charge in [-0.15, -0.1) is 11.3 Å². The van der Waals surface area contributed by atoms with Gasteiger partial charge >= 0.3 is 0 Å². The van der Waals surface area contributed by atoms with Gasteiger partial charge in [0.15, 0.2) is 0 Å². The zero-order chi connectivity index (χ0) is 17.6. The van der Waals surface area contributed by atoms with E-state index in [1.54, 1.807) is 17.5 Å². The topological polar surface area (TPSA) is 62.4 Å². The van der Waals surface area contributed by atoms with Crippen molar-refractivity contribution in [2.45, 2.75) is 30.5 Å². The molecule has 1 aliphatic heterocycles. The Kier molecular flexibility index (Phi) is 4.10. The SMILES string of the molecule is CCc1ccc(S(=O)(=O)N2CCc3c([nH]c4ccc(OC)cc34)C2)s1. The first-order chi connectivity index (χ1) is 12.0. The second kappa shape index (κ2) is 6.16. The predicted molar refractivity (Wildman–Crippen MR) is 99.8 cm³/mol. The minimum atomic E-state index is -3.44. The summed E-state index contributed by atoms with van der Waals surface area (Å²) in [6, 6.07) is 9.54. The van der Waals surface area contributed by atoms with Crippen LogP contribution < -0.4 is 4.74 Å². The predicted octanol–water partition coefficient (Wildman–Crippen LogP) is 3.55. The van der Waals surface area contributed by atoms with Crippen molar-refractivity contribution >= 4 is 32.3 Å². The summed E-state index contributed by atoms with van der Waals surface area (Å²) < 4.78 is 33.2. The van der Waals surface area contributed by atoms with Crippen LogP contribution in [0.3, 0.4) is 0 Å². The molecule has 3 aromatic rings. The van der Waals surface area contributed by atoms with Gasteiger partial charge in [0.25, 0.3) is 10.0 Å². The molecule has 25 heavy (non-hydrogen) atoms. The van der Waals surface area contributed by atoms with Crippen molar-refractivity contribution in [3.8, 4) is 5.75 Å². The highest BCUT2D eigenvalue weighted by molar-refractivity contribution is 7.91. The van der Waals surface area contributed by atoms with E-state index in [0.29, 0.717) is 23.7 Å². The van der Waals surface area contributed by atoms with Gasteiger partial charge in [0.1, 0.15) is 9.96 Å². The number of thiophene rings is 1. The summed E-state index contributed by atoms with van der Waals surface area (Å²) in [6.07, 6.45) is 1.56. The lowest BCUT2D eigenvalue weighted by atomic mass is 10.0. The van der Waals surface area contributed by atoms with Crippen molar-refractivity contribution in [3.05, 3.63) is 46.5 Å². The number of aromatic nitrogens is 1. The third-order valence-corrected chi connectivity index (χ3v) is 8.27. The summed E-state index contributed by atoms with van der Waals surface area (Å²) >= 11 is 1.37. The van der Waals surface area contributed by atoms with Crippen molar-refractivity contribution in [1.82, 2.24) is 9.29 Å². The van der Waals surface area contributed by atoms with Crippen molar-refractivity contribution in [1.29, 1.82) is 0 Å². The van der Waals surface area contributed by atoms with E-state index in [2.05, 4.69) is 4.98 Å². The number of sulfonamides is 1. The number of benzene rings is 1. The van der Waals surface area contributed by atoms with Crippen LogP contribution in [0.2, 0.25) is 0 Å². The van der Waals surface area contributed by atoms with Gasteiger partial charge in [-0.1, -0.05) is 6.92 Å². The molecule has 0 bridgehead atoms. The molecular weight excluding hydrogens is 356 g/mol. The quantitative estimate of drug-likeness (QED) is 0.757. The molecular formula is C18H20N2O3S2. The number of methoxy groups -OCH3 is 1. The average Bonchev–Trinajstić information content (AvgIpc) is 3.25. The molecule has 7 heteroatoms. The minimum Gasteiger partial charge on any atom is -0.497 e. The molecule has 1 N–H and O–H groups in total. The molecule has 0 saturated carbocycles. The Hall–Kier alpha value is -1.83. The fourth-order valence-corrected chi connectivity index (χ4v) is 6.20. The highest BCUT2D eigenvalue weighted by Gasteiger charge is 2.31. The molecule has 5 nitrogen and oxygen atoms in total. The number of nitrogens with zero attached hydrogens (tertiary/aromatic N) is 1. The molecule has 1 aliphatic rings. The maximum absolute atomic E-state index is 12.9. The number of ether oxygens (including phenoxy) is 1. The minimum absolute atomic E-state index is 0.383. The van der Waals surface area contributed by atoms with Gasteiger partial charge in [0, 0.05) is 28.0 Å². The van der Waals surface area contributed by atoms with Gasteiger partial charge in [-0.2, -0.15) is 4.31 Å². The zero-order valence-corrected chi connectivity index (χ0v) is 15.8. The molecule has 0 fully saturated rings. The number of hydrogen-bond acceptors (Lipinski definition) is 4. The van der Waals surface area contributed by atoms with Crippen LogP contribution >= 0.6 is 11.3 Å². The van der Waals surface area contributed by atoms with Crippen LogP contribution in [0.5, 0.6) is 5.75 Å². The monoisotopic (exact) mass is 376 g/mol. The van der Waals surface area contributed by atoms with E-state index in [-0.39, 0.29) is 0 Å². The van der Waals surface area contributed by atoms with Crippen LogP contribution in [0.1, 0.15) is 23.1 Å². The van der Waals surface area contributed by atoms with E-state index < -0.39 is 10.0 Å². The van der Waals surface area contributed by atoms with Crippen molar-refractivity contribution in [2.24, 2.45) is 0 Å². The standard InChI is InChI=1S/C18H20N2O3S2/c1-3-13-5-7-18(24-13)25(21,22)20-9-8-14-15-10-12(23-2)4-6-16(15)19-17(14)11-20/h4-7,10,19H,3,8-9,11H2,1-2H3. The molecule has 0 amide bonds. The van der Waals surface area contributed by atoms with Crippen LogP contribution in [-0.2, 0) is 29.4 Å². The number of nitrogens with one attached hydrogen (secondary N) is 1. The van der Waals surface area contributed by atoms with Crippen LogP contribution in [-0.4, -0.2) is 31.4 Å². The van der Waals surface area contributed by atoms with Crippen molar-refractivity contribution < 1.29 is 13.2 Å². The fourth-order valence-electron chi connectivity index (χ4n) is 3.34. The number of rotatable bonds is 4. The van der Waals surface area contributed by atoms with E-state index in [0.717, 1.165) is 33.6 Å². The van der Waals surface area contributed by atoms with Crippen LogP contribution in [0.4, 0.5) is 0 Å². The lowest BCUT2D eigenvalue weighted by molar-refractivity contribution is 0.389. The smallest absolute Gasteiger partial charge is 0.252 e. The Morgan fingerprint density at radius 2 is 2.12 bits per heavy atom. The average molecular weight is 377 g/mol. The Morgan fingerprint density at radius 3 is 2.84 bits per heavy atom. The molecule has 1 aromatic carbocycles. The maximum atomic E-state index is 12.9. The normalized spacial score (nSPS) is 15.4. The second-order valence-electron chi connectivity index (χ2n) is 6.16. The van der Waals surface area contributed by atoms with E-state index in [4.69, 9.17) is 4.74 Å². The fraction of sp³-hybridized carbons (Fsp3) is 0.333. The molecule has 3 heterocycles. The summed E-state index contributed by atoms with van der Waals surface area (Å²) in [5.41, 5.74) is 3.19. The summed E-state index contributed by atoms with van der Waals surface area (Å²) in [6.45, 7) is 2.92. The second-order valence-corrected chi connectivity index (χ2v) is 9.49. The molecule has 0 aliphatic carbocycles. The number of H-pyrrole nitrogens is 1. The Balaban J connectivity index is 1.68. The highest BCUT2D eigenvalue weighted by Crippen LogP contribution is 2.33. The third-order valence-electron chi connectivity index (χ3n) is 4.73. The highest BCUT2D eigenvalue weighted by atomic mass is 32.2. The summed E-state index contributed by atoms with van der Waals surface area (Å²) in [7, 11) is -1.78. The third kappa shape index (κ3) is 2.76. The molecule has 0 atom stereocenters. The molecule has 132 valence electrons. The Bertz CT molecular complexity index is 1030. The molecule has 0 spiro atoms. The summed E-state index contributed by atoms with van der Waals surface area (Å²) in [4.78, 5) is 4.47. The van der Waals surface area contributed by atoms with Gasteiger partial charge in [-0.05, 0) is 48.7 Å². The van der Waals surface area contributed by atoms with E-state index in [9.17, 15) is 8.42 Å². The van der Waals surface area contributed by atoms with Gasteiger partial charge in [-0.3, -0.25) is 0 Å². The first kappa shape index (κ1) is 16.6. The zero-order valence-electron chi connectivity index (χ0n) is 14.2. The molecule has 0 radical (unpaired) electrons.